The maximum absolute atomic E-state index is 11.5. The summed E-state index contributed by atoms with van der Waals surface area (Å²) in [7, 11) is 0. The van der Waals surface area contributed by atoms with Gasteiger partial charge in [0.05, 0.1) is 17.9 Å². The largest absolute Gasteiger partial charge is 0.507 e. The van der Waals surface area contributed by atoms with Crippen LogP contribution >= 0.6 is 0 Å². The van der Waals surface area contributed by atoms with E-state index in [2.05, 4.69) is 0 Å². The molecule has 0 saturated carbocycles. The summed E-state index contributed by atoms with van der Waals surface area (Å²) in [6.07, 6.45) is 0. The van der Waals surface area contributed by atoms with Crippen LogP contribution in [0.2, 0.25) is 0 Å². The minimum Gasteiger partial charge on any atom is -0.507 e. The number of carbonyl (C=O) groups is 2. The summed E-state index contributed by atoms with van der Waals surface area (Å²) < 4.78 is 4.75. The second kappa shape index (κ2) is 4.73. The lowest BCUT2D eigenvalue weighted by Crippen LogP contribution is -2.16. The fourth-order valence-electron chi connectivity index (χ4n) is 1.39. The van der Waals surface area contributed by atoms with Crippen molar-refractivity contribution in [1.29, 1.82) is 0 Å². The number of benzene rings is 1. The Bertz CT molecular complexity index is 483. The van der Waals surface area contributed by atoms with Crippen molar-refractivity contribution in [3.8, 4) is 5.75 Å². The smallest absolute Gasteiger partial charge is 0.341 e. The second-order valence-corrected chi connectivity index (χ2v) is 3.44. The normalized spacial score (nSPS) is 10.0. The maximum Gasteiger partial charge on any atom is 0.341 e. The lowest BCUT2D eigenvalue weighted by atomic mass is 10.0. The fraction of sp³-hybridized carbons (Fsp3) is 0.273. The Morgan fingerprint density at radius 2 is 2.00 bits per heavy atom. The van der Waals surface area contributed by atoms with Crippen LogP contribution in [-0.2, 0) is 4.74 Å². The van der Waals surface area contributed by atoms with Crippen molar-refractivity contribution in [2.24, 2.45) is 5.73 Å². The Hall–Kier alpha value is -2.24. The molecule has 0 aromatic heterocycles. The van der Waals surface area contributed by atoms with Gasteiger partial charge in [0.2, 0.25) is 0 Å². The van der Waals surface area contributed by atoms with E-state index in [1.165, 1.54) is 6.92 Å². The van der Waals surface area contributed by atoms with Crippen LogP contribution in [0.4, 0.5) is 5.69 Å². The molecule has 6 heteroatoms. The monoisotopic (exact) mass is 238 g/mol. The molecule has 0 heterocycles. The Labute approximate surface area is 98.2 Å². The van der Waals surface area contributed by atoms with Crippen molar-refractivity contribution >= 4 is 17.6 Å². The van der Waals surface area contributed by atoms with Crippen molar-refractivity contribution in [3.63, 3.8) is 0 Å². The zero-order valence-corrected chi connectivity index (χ0v) is 9.61. The SMILES string of the molecule is CCOC(=O)c1cc(C(N)=O)c(N)c(C)c1O. The Balaban J connectivity index is 3.42. The molecule has 0 atom stereocenters. The number of ether oxygens (including phenoxy) is 1. The van der Waals surface area contributed by atoms with E-state index in [0.717, 1.165) is 6.07 Å². The summed E-state index contributed by atoms with van der Waals surface area (Å²) in [5, 5.41) is 9.75. The van der Waals surface area contributed by atoms with Gasteiger partial charge in [-0.05, 0) is 19.9 Å². The molecule has 0 fully saturated rings. The van der Waals surface area contributed by atoms with Gasteiger partial charge in [-0.25, -0.2) is 4.79 Å². The number of rotatable bonds is 3. The molecule has 1 aromatic rings. The van der Waals surface area contributed by atoms with E-state index in [4.69, 9.17) is 16.2 Å². The van der Waals surface area contributed by atoms with Crippen LogP contribution in [-0.4, -0.2) is 23.6 Å². The first kappa shape index (κ1) is 12.8. The van der Waals surface area contributed by atoms with Crippen LogP contribution in [0.1, 0.15) is 33.2 Å². The number of hydrogen-bond donors (Lipinski definition) is 3. The third-order valence-electron chi connectivity index (χ3n) is 2.35. The number of phenolic OH excluding ortho intramolecular Hbond substituents is 1. The highest BCUT2D eigenvalue weighted by molar-refractivity contribution is 6.03. The molecule has 0 aliphatic heterocycles. The van der Waals surface area contributed by atoms with Crippen molar-refractivity contribution in [2.75, 3.05) is 12.3 Å². The molecule has 0 saturated heterocycles. The van der Waals surface area contributed by atoms with E-state index in [9.17, 15) is 14.7 Å². The number of primary amides is 1. The number of anilines is 1. The van der Waals surface area contributed by atoms with Crippen LogP contribution in [0.25, 0.3) is 0 Å². The Morgan fingerprint density at radius 1 is 1.41 bits per heavy atom. The van der Waals surface area contributed by atoms with Gasteiger partial charge in [-0.15, -0.1) is 0 Å². The van der Waals surface area contributed by atoms with Crippen molar-refractivity contribution in [3.05, 3.63) is 22.8 Å². The third kappa shape index (κ3) is 2.30. The number of nitrogen functional groups attached to an aromatic ring is 1. The molecule has 1 rings (SSSR count). The highest BCUT2D eigenvalue weighted by atomic mass is 16.5. The van der Waals surface area contributed by atoms with E-state index < -0.39 is 11.9 Å². The average Bonchev–Trinajstić information content (AvgIpc) is 2.26. The van der Waals surface area contributed by atoms with Crippen molar-refractivity contribution < 1.29 is 19.4 Å². The van der Waals surface area contributed by atoms with E-state index in [1.807, 2.05) is 0 Å². The van der Waals surface area contributed by atoms with Crippen LogP contribution < -0.4 is 11.5 Å². The number of amides is 1. The molecule has 17 heavy (non-hydrogen) atoms. The topological polar surface area (TPSA) is 116 Å². The lowest BCUT2D eigenvalue weighted by molar-refractivity contribution is 0.0523. The standard InChI is InChI=1S/C11H14N2O4/c1-3-17-11(16)7-4-6(10(13)15)8(12)5(2)9(7)14/h4,14H,3,12H2,1-2H3,(H2,13,15). The van der Waals surface area contributed by atoms with Crippen LogP contribution in [0.15, 0.2) is 6.07 Å². The van der Waals surface area contributed by atoms with Crippen LogP contribution in [0, 0.1) is 6.92 Å². The van der Waals surface area contributed by atoms with E-state index in [1.54, 1.807) is 6.92 Å². The molecule has 0 aliphatic carbocycles. The molecule has 0 aliphatic rings. The number of carbonyl (C=O) groups excluding carboxylic acids is 2. The molecule has 1 aromatic carbocycles. The first-order chi connectivity index (χ1) is 7.90. The molecule has 92 valence electrons. The first-order valence-corrected chi connectivity index (χ1v) is 4.99. The minimum atomic E-state index is -0.767. The summed E-state index contributed by atoms with van der Waals surface area (Å²) in [5.74, 6) is -1.79. The predicted octanol–water partition coefficient (Wildman–Crippen LogP) is 0.558. The van der Waals surface area contributed by atoms with Crippen molar-refractivity contribution in [1.82, 2.24) is 0 Å². The number of aromatic hydroxyl groups is 1. The van der Waals surface area contributed by atoms with E-state index >= 15 is 0 Å². The molecular weight excluding hydrogens is 224 g/mol. The number of nitrogens with two attached hydrogens (primary N) is 2. The highest BCUT2D eigenvalue weighted by Crippen LogP contribution is 2.30. The van der Waals surface area contributed by atoms with Gasteiger partial charge in [-0.3, -0.25) is 4.79 Å². The van der Waals surface area contributed by atoms with Gasteiger partial charge in [-0.1, -0.05) is 0 Å². The van der Waals surface area contributed by atoms with Gasteiger partial charge >= 0.3 is 5.97 Å². The molecule has 1 amide bonds. The van der Waals surface area contributed by atoms with Gasteiger partial charge in [0.25, 0.3) is 5.91 Å². The number of hydrogen-bond acceptors (Lipinski definition) is 5. The second-order valence-electron chi connectivity index (χ2n) is 3.44. The molecule has 5 N–H and O–H groups in total. The van der Waals surface area contributed by atoms with E-state index in [-0.39, 0.29) is 34.7 Å². The quantitative estimate of drug-likeness (QED) is 0.525. The average molecular weight is 238 g/mol. The summed E-state index contributed by atoms with van der Waals surface area (Å²) in [6.45, 7) is 3.28. The summed E-state index contributed by atoms with van der Waals surface area (Å²) in [4.78, 5) is 22.7. The molecule has 0 unspecified atom stereocenters. The molecule has 0 radical (unpaired) electrons. The highest BCUT2D eigenvalue weighted by Gasteiger charge is 2.20. The zero-order valence-electron chi connectivity index (χ0n) is 9.61. The van der Waals surface area contributed by atoms with Crippen LogP contribution in [0.3, 0.4) is 0 Å². The Morgan fingerprint density at radius 3 is 2.47 bits per heavy atom. The molecule has 6 nitrogen and oxygen atoms in total. The van der Waals surface area contributed by atoms with Gasteiger partial charge in [0, 0.05) is 5.56 Å². The predicted molar refractivity (Wildman–Crippen MR) is 61.7 cm³/mol. The van der Waals surface area contributed by atoms with Gasteiger partial charge in [-0.2, -0.15) is 0 Å². The zero-order chi connectivity index (χ0) is 13.2. The molecular formula is C11H14N2O4. The minimum absolute atomic E-state index is 0.0108. The lowest BCUT2D eigenvalue weighted by Gasteiger charge is -2.11. The summed E-state index contributed by atoms with van der Waals surface area (Å²) in [6, 6.07) is 1.14. The summed E-state index contributed by atoms with van der Waals surface area (Å²) >= 11 is 0. The number of phenols is 1. The molecule has 0 spiro atoms. The van der Waals surface area contributed by atoms with E-state index in [0.29, 0.717) is 0 Å². The van der Waals surface area contributed by atoms with Crippen LogP contribution in [0.5, 0.6) is 5.75 Å². The fourth-order valence-corrected chi connectivity index (χ4v) is 1.39. The summed E-state index contributed by atoms with van der Waals surface area (Å²) in [5.41, 5.74) is 10.9. The maximum atomic E-state index is 11.5. The third-order valence-corrected chi connectivity index (χ3v) is 2.35. The molecule has 0 bridgehead atoms. The number of esters is 1. The Kier molecular flexibility index (Phi) is 3.57. The van der Waals surface area contributed by atoms with Gasteiger partial charge in [0.15, 0.2) is 0 Å². The van der Waals surface area contributed by atoms with Gasteiger partial charge in [0.1, 0.15) is 11.3 Å². The first-order valence-electron chi connectivity index (χ1n) is 4.99. The van der Waals surface area contributed by atoms with Gasteiger partial charge < -0.3 is 21.3 Å². The van der Waals surface area contributed by atoms with Crippen molar-refractivity contribution in [2.45, 2.75) is 13.8 Å².